The molecule has 3 rings (SSSR count). The smallest absolute Gasteiger partial charge is 0.0956 e. The number of rotatable bonds is 3. The van der Waals surface area contributed by atoms with Crippen LogP contribution >= 0.6 is 0 Å². The van der Waals surface area contributed by atoms with Crippen LogP contribution in [0.4, 0.5) is 0 Å². The normalized spacial score (nSPS) is 10.8. The second-order valence-corrected chi connectivity index (χ2v) is 6.03. The molecule has 26 heavy (non-hydrogen) atoms. The van der Waals surface area contributed by atoms with E-state index in [2.05, 4.69) is 60.2 Å². The zero-order chi connectivity index (χ0) is 18.0. The van der Waals surface area contributed by atoms with Crippen LogP contribution in [0.25, 0.3) is 0 Å². The van der Waals surface area contributed by atoms with Gasteiger partial charge in [-0.3, -0.25) is 5.32 Å². The molecule has 1 heteroatoms. The van der Waals surface area contributed by atoms with Crippen LogP contribution in [0.5, 0.6) is 0 Å². The van der Waals surface area contributed by atoms with Gasteiger partial charge in [0, 0.05) is 11.1 Å². The van der Waals surface area contributed by atoms with Gasteiger partial charge in [0.1, 0.15) is 0 Å². The van der Waals surface area contributed by atoms with Crippen molar-refractivity contribution in [2.24, 2.45) is 0 Å². The first-order valence-electron chi connectivity index (χ1n) is 8.72. The minimum Gasteiger partial charge on any atom is -0.289 e. The van der Waals surface area contributed by atoms with E-state index in [1.165, 1.54) is 5.56 Å². The van der Waals surface area contributed by atoms with Crippen LogP contribution < -0.4 is 5.32 Å². The van der Waals surface area contributed by atoms with E-state index >= 15 is 0 Å². The fourth-order valence-electron chi connectivity index (χ4n) is 2.51. The highest BCUT2D eigenvalue weighted by atomic mass is 14.9. The second-order valence-electron chi connectivity index (χ2n) is 6.03. The average Bonchev–Trinajstić information content (AvgIpc) is 2.70. The van der Waals surface area contributed by atoms with E-state index in [1.54, 1.807) is 0 Å². The van der Waals surface area contributed by atoms with Gasteiger partial charge >= 0.3 is 0 Å². The molecule has 0 aromatic heterocycles. The largest absolute Gasteiger partial charge is 0.289 e. The Balaban J connectivity index is 1.71. The highest BCUT2D eigenvalue weighted by Gasteiger charge is 2.05. The lowest BCUT2D eigenvalue weighted by molar-refractivity contribution is 0.698. The Labute approximate surface area is 156 Å². The van der Waals surface area contributed by atoms with Gasteiger partial charge in [-0.05, 0) is 36.8 Å². The minimum atomic E-state index is -0.0521. The van der Waals surface area contributed by atoms with Gasteiger partial charge in [-0.15, -0.1) is 0 Å². The van der Waals surface area contributed by atoms with Gasteiger partial charge in [-0.25, -0.2) is 0 Å². The molecule has 0 bridgehead atoms. The van der Waals surface area contributed by atoms with Gasteiger partial charge < -0.3 is 0 Å². The molecule has 0 saturated carbocycles. The summed E-state index contributed by atoms with van der Waals surface area (Å²) in [5.74, 6) is 13.0. The Bertz CT molecular complexity index is 934. The molecule has 0 aliphatic heterocycles. The zero-order valence-electron chi connectivity index (χ0n) is 14.9. The van der Waals surface area contributed by atoms with Crippen LogP contribution in [-0.4, -0.2) is 6.54 Å². The summed E-state index contributed by atoms with van der Waals surface area (Å²) in [6.45, 7) is 2.66. The zero-order valence-corrected chi connectivity index (χ0v) is 14.9. The molecular formula is C25H21N. The highest BCUT2D eigenvalue weighted by Crippen LogP contribution is 2.11. The van der Waals surface area contributed by atoms with Gasteiger partial charge in [-0.2, -0.15) is 0 Å². The molecule has 0 spiro atoms. The van der Waals surface area contributed by atoms with E-state index in [0.29, 0.717) is 6.54 Å². The monoisotopic (exact) mass is 335 g/mol. The van der Waals surface area contributed by atoms with Crippen LogP contribution in [0.3, 0.4) is 0 Å². The van der Waals surface area contributed by atoms with Crippen LogP contribution in [0.1, 0.15) is 28.3 Å². The van der Waals surface area contributed by atoms with Gasteiger partial charge in [0.15, 0.2) is 0 Å². The van der Waals surface area contributed by atoms with Crippen molar-refractivity contribution in [3.8, 4) is 23.7 Å². The molecule has 1 nitrogen and oxygen atoms in total. The Morgan fingerprint density at radius 1 is 0.731 bits per heavy atom. The third-order valence-corrected chi connectivity index (χ3v) is 3.95. The maximum atomic E-state index is 3.44. The fraction of sp³-hybridized carbons (Fsp3) is 0.120. The summed E-state index contributed by atoms with van der Waals surface area (Å²) in [6, 6.07) is 28.5. The summed E-state index contributed by atoms with van der Waals surface area (Å²) < 4.78 is 0. The first-order chi connectivity index (χ1) is 12.8. The molecule has 0 amide bonds. The van der Waals surface area contributed by atoms with Gasteiger partial charge in [0.2, 0.25) is 0 Å². The van der Waals surface area contributed by atoms with Crippen LogP contribution in [-0.2, 0) is 0 Å². The lowest BCUT2D eigenvalue weighted by Gasteiger charge is -2.11. The van der Waals surface area contributed by atoms with Gasteiger partial charge in [-0.1, -0.05) is 89.9 Å². The molecular weight excluding hydrogens is 314 g/mol. The molecule has 0 aliphatic rings. The van der Waals surface area contributed by atoms with Crippen molar-refractivity contribution in [1.82, 2.24) is 5.32 Å². The molecule has 1 N–H and O–H groups in total. The van der Waals surface area contributed by atoms with Crippen LogP contribution in [0.2, 0.25) is 0 Å². The fourth-order valence-corrected chi connectivity index (χ4v) is 2.51. The summed E-state index contributed by atoms with van der Waals surface area (Å²) in [5, 5.41) is 3.44. The number of nitrogens with one attached hydrogen (secondary N) is 1. The molecule has 1 unspecified atom stereocenters. The summed E-state index contributed by atoms with van der Waals surface area (Å²) in [6.07, 6.45) is 0. The van der Waals surface area contributed by atoms with Crippen molar-refractivity contribution >= 4 is 0 Å². The average molecular weight is 335 g/mol. The topological polar surface area (TPSA) is 12.0 Å². The quantitative estimate of drug-likeness (QED) is 0.682. The maximum absolute atomic E-state index is 3.44. The second kappa shape index (κ2) is 9.28. The molecule has 1 atom stereocenters. The minimum absolute atomic E-state index is 0.0521. The van der Waals surface area contributed by atoms with Crippen molar-refractivity contribution < 1.29 is 0 Å². The summed E-state index contributed by atoms with van der Waals surface area (Å²) in [7, 11) is 0. The predicted molar refractivity (Wildman–Crippen MR) is 109 cm³/mol. The van der Waals surface area contributed by atoms with Crippen LogP contribution in [0, 0.1) is 30.6 Å². The first kappa shape index (κ1) is 17.6. The molecule has 3 aromatic carbocycles. The number of benzene rings is 3. The van der Waals surface area contributed by atoms with Crippen LogP contribution in [0.15, 0.2) is 84.9 Å². The summed E-state index contributed by atoms with van der Waals surface area (Å²) in [5.41, 5.74) is 4.44. The van der Waals surface area contributed by atoms with Crippen molar-refractivity contribution in [2.75, 3.05) is 6.54 Å². The van der Waals surface area contributed by atoms with Crippen molar-refractivity contribution in [3.05, 3.63) is 107 Å². The number of hydrogen-bond acceptors (Lipinski definition) is 1. The first-order valence-corrected chi connectivity index (χ1v) is 8.72. The van der Waals surface area contributed by atoms with Crippen molar-refractivity contribution in [1.29, 1.82) is 0 Å². The van der Waals surface area contributed by atoms with E-state index in [4.69, 9.17) is 0 Å². The molecule has 126 valence electrons. The number of hydrogen-bond donors (Lipinski definition) is 1. The van der Waals surface area contributed by atoms with Gasteiger partial charge in [0.05, 0.1) is 12.6 Å². The third-order valence-electron chi connectivity index (χ3n) is 3.95. The highest BCUT2D eigenvalue weighted by molar-refractivity contribution is 5.38. The lowest BCUT2D eigenvalue weighted by Crippen LogP contribution is -2.20. The lowest BCUT2D eigenvalue weighted by atomic mass is 10.1. The molecule has 0 aliphatic carbocycles. The Hall–Kier alpha value is -3.26. The van der Waals surface area contributed by atoms with E-state index in [-0.39, 0.29) is 6.04 Å². The number of aryl methyl sites for hydroxylation is 1. The Morgan fingerprint density at radius 2 is 1.35 bits per heavy atom. The molecule has 0 heterocycles. The molecule has 0 fully saturated rings. The van der Waals surface area contributed by atoms with E-state index < -0.39 is 0 Å². The predicted octanol–water partition coefficient (Wildman–Crippen LogP) is 4.73. The SMILES string of the molecule is Cc1ccc(C#CCNC(C#Cc2ccccc2)c2ccccc2)cc1. The van der Waals surface area contributed by atoms with E-state index in [0.717, 1.165) is 16.7 Å². The Morgan fingerprint density at radius 3 is 2.04 bits per heavy atom. The maximum Gasteiger partial charge on any atom is 0.0956 e. The standard InChI is InChI=1S/C25H21N/c1-21-14-16-23(17-15-21)11-8-20-26-25(24-12-6-3-7-13-24)19-18-22-9-4-2-5-10-22/h2-7,9-10,12-17,25-26H,20H2,1H3. The van der Waals surface area contributed by atoms with Gasteiger partial charge in [0.25, 0.3) is 0 Å². The van der Waals surface area contributed by atoms with Crippen molar-refractivity contribution in [3.63, 3.8) is 0 Å². The van der Waals surface area contributed by atoms with E-state index in [9.17, 15) is 0 Å². The summed E-state index contributed by atoms with van der Waals surface area (Å²) >= 11 is 0. The molecule has 0 radical (unpaired) electrons. The molecule has 0 saturated heterocycles. The van der Waals surface area contributed by atoms with E-state index in [1.807, 2.05) is 60.7 Å². The molecule has 3 aromatic rings. The summed E-state index contributed by atoms with van der Waals surface area (Å²) in [4.78, 5) is 0. The Kier molecular flexibility index (Phi) is 6.27. The third kappa shape index (κ3) is 5.38. The van der Waals surface area contributed by atoms with Crippen molar-refractivity contribution in [2.45, 2.75) is 13.0 Å².